The minimum Gasteiger partial charge on any atom is -0.378 e. The lowest BCUT2D eigenvalue weighted by Crippen LogP contribution is -2.36. The lowest BCUT2D eigenvalue weighted by molar-refractivity contribution is 0.102. The first kappa shape index (κ1) is 17.4. The Labute approximate surface area is 149 Å². The van der Waals surface area contributed by atoms with E-state index in [2.05, 4.69) is 36.0 Å². The van der Waals surface area contributed by atoms with Crippen molar-refractivity contribution in [1.82, 2.24) is 4.98 Å². The number of anilines is 2. The molecule has 1 aliphatic heterocycles. The fourth-order valence-corrected chi connectivity index (χ4v) is 2.78. The maximum Gasteiger partial charge on any atom is 0.256 e. The molecule has 132 valence electrons. The average Bonchev–Trinajstić information content (AvgIpc) is 2.62. The minimum absolute atomic E-state index is 0.0753. The van der Waals surface area contributed by atoms with Crippen LogP contribution in [0.3, 0.4) is 0 Å². The molecule has 0 radical (unpaired) electrons. The van der Waals surface area contributed by atoms with Crippen LogP contribution in [0, 0.1) is 0 Å². The molecule has 0 spiro atoms. The van der Waals surface area contributed by atoms with Gasteiger partial charge in [-0.25, -0.2) is 4.98 Å². The number of nitrogens with zero attached hydrogens (tertiary/aromatic N) is 2. The molecule has 3 rings (SSSR count). The summed E-state index contributed by atoms with van der Waals surface area (Å²) in [6.45, 7) is 9.68. The topological polar surface area (TPSA) is 54.5 Å². The molecule has 0 aliphatic carbocycles. The lowest BCUT2D eigenvalue weighted by atomic mass is 9.87. The number of ether oxygens (including phenoxy) is 1. The normalized spacial score (nSPS) is 15.1. The standard InChI is InChI=1S/C20H25N3O2/c1-20(2,3)16-6-4-15(5-7-16)19(24)22-18-9-8-17(14-21-18)23-10-12-25-13-11-23/h4-9,14H,10-13H2,1-3H3,(H,21,22,24). The van der Waals surface area contributed by atoms with Gasteiger partial charge in [-0.1, -0.05) is 32.9 Å². The van der Waals surface area contributed by atoms with Crippen molar-refractivity contribution in [3.63, 3.8) is 0 Å². The smallest absolute Gasteiger partial charge is 0.256 e. The average molecular weight is 339 g/mol. The second-order valence-corrected chi connectivity index (χ2v) is 7.28. The molecule has 1 aromatic heterocycles. The highest BCUT2D eigenvalue weighted by molar-refractivity contribution is 6.03. The first-order valence-corrected chi connectivity index (χ1v) is 8.64. The SMILES string of the molecule is CC(C)(C)c1ccc(C(=O)Nc2ccc(N3CCOCC3)cn2)cc1. The van der Waals surface area contributed by atoms with E-state index in [1.807, 2.05) is 36.4 Å². The quantitative estimate of drug-likeness (QED) is 0.930. The Morgan fingerprint density at radius 2 is 1.76 bits per heavy atom. The molecule has 0 bridgehead atoms. The van der Waals surface area contributed by atoms with Crippen LogP contribution in [0.2, 0.25) is 0 Å². The molecule has 1 amide bonds. The van der Waals surface area contributed by atoms with Crippen LogP contribution in [0.25, 0.3) is 0 Å². The van der Waals surface area contributed by atoms with Gasteiger partial charge in [0.25, 0.3) is 5.91 Å². The Bertz CT molecular complexity index is 712. The Morgan fingerprint density at radius 3 is 2.32 bits per heavy atom. The molecule has 1 aromatic carbocycles. The molecule has 0 unspecified atom stereocenters. The van der Waals surface area contributed by atoms with Crippen molar-refractivity contribution >= 4 is 17.4 Å². The number of carbonyl (C=O) groups is 1. The van der Waals surface area contributed by atoms with E-state index in [0.29, 0.717) is 11.4 Å². The molecule has 1 N–H and O–H groups in total. The van der Waals surface area contributed by atoms with Gasteiger partial charge in [-0.05, 0) is 35.2 Å². The monoisotopic (exact) mass is 339 g/mol. The van der Waals surface area contributed by atoms with E-state index in [9.17, 15) is 4.79 Å². The predicted molar refractivity (Wildman–Crippen MR) is 100 cm³/mol. The first-order chi connectivity index (χ1) is 11.9. The van der Waals surface area contributed by atoms with Crippen molar-refractivity contribution in [2.45, 2.75) is 26.2 Å². The highest BCUT2D eigenvalue weighted by Gasteiger charge is 2.15. The van der Waals surface area contributed by atoms with Gasteiger partial charge in [0, 0.05) is 18.7 Å². The fraction of sp³-hybridized carbons (Fsp3) is 0.400. The van der Waals surface area contributed by atoms with Crippen LogP contribution in [0.5, 0.6) is 0 Å². The predicted octanol–water partition coefficient (Wildman–Crippen LogP) is 3.47. The summed E-state index contributed by atoms with van der Waals surface area (Å²) in [7, 11) is 0. The molecule has 5 nitrogen and oxygen atoms in total. The zero-order valence-electron chi connectivity index (χ0n) is 15.1. The fourth-order valence-electron chi connectivity index (χ4n) is 2.78. The Kier molecular flexibility index (Phi) is 5.04. The molecule has 2 heterocycles. The van der Waals surface area contributed by atoms with Gasteiger partial charge in [0.05, 0.1) is 25.1 Å². The van der Waals surface area contributed by atoms with Crippen molar-refractivity contribution in [3.05, 3.63) is 53.7 Å². The number of nitrogens with one attached hydrogen (secondary N) is 1. The van der Waals surface area contributed by atoms with E-state index in [4.69, 9.17) is 4.74 Å². The Hall–Kier alpha value is -2.40. The molecule has 5 heteroatoms. The van der Waals surface area contributed by atoms with E-state index in [1.54, 1.807) is 6.20 Å². The van der Waals surface area contributed by atoms with Crippen LogP contribution in [0.4, 0.5) is 11.5 Å². The van der Waals surface area contributed by atoms with Crippen LogP contribution in [-0.4, -0.2) is 37.2 Å². The van der Waals surface area contributed by atoms with E-state index >= 15 is 0 Å². The number of aromatic nitrogens is 1. The van der Waals surface area contributed by atoms with Crippen molar-refractivity contribution in [1.29, 1.82) is 0 Å². The van der Waals surface area contributed by atoms with Crippen LogP contribution in [0.1, 0.15) is 36.7 Å². The van der Waals surface area contributed by atoms with Gasteiger partial charge in [-0.15, -0.1) is 0 Å². The van der Waals surface area contributed by atoms with Crippen molar-refractivity contribution in [2.24, 2.45) is 0 Å². The highest BCUT2D eigenvalue weighted by atomic mass is 16.5. The second kappa shape index (κ2) is 7.23. The van der Waals surface area contributed by atoms with Crippen molar-refractivity contribution < 1.29 is 9.53 Å². The summed E-state index contributed by atoms with van der Waals surface area (Å²) in [6.07, 6.45) is 1.80. The lowest BCUT2D eigenvalue weighted by Gasteiger charge is -2.28. The van der Waals surface area contributed by atoms with Crippen LogP contribution in [0.15, 0.2) is 42.6 Å². The van der Waals surface area contributed by atoms with Gasteiger partial charge in [0.15, 0.2) is 0 Å². The molecular formula is C20H25N3O2. The molecule has 2 aromatic rings. The maximum absolute atomic E-state index is 12.4. The van der Waals surface area contributed by atoms with Crippen LogP contribution in [-0.2, 0) is 10.2 Å². The number of hydrogen-bond donors (Lipinski definition) is 1. The summed E-state index contributed by atoms with van der Waals surface area (Å²) in [5.41, 5.74) is 2.96. The number of carbonyl (C=O) groups excluding carboxylic acids is 1. The number of rotatable bonds is 3. The Morgan fingerprint density at radius 1 is 1.08 bits per heavy atom. The summed E-state index contributed by atoms with van der Waals surface area (Å²) in [4.78, 5) is 19.0. The maximum atomic E-state index is 12.4. The second-order valence-electron chi connectivity index (χ2n) is 7.28. The van der Waals surface area contributed by atoms with Gasteiger partial charge in [-0.3, -0.25) is 4.79 Å². The van der Waals surface area contributed by atoms with Gasteiger partial charge in [0.2, 0.25) is 0 Å². The van der Waals surface area contributed by atoms with Gasteiger partial charge in [0.1, 0.15) is 5.82 Å². The summed E-state index contributed by atoms with van der Waals surface area (Å²) < 4.78 is 5.36. The molecule has 0 saturated carbocycles. The van der Waals surface area contributed by atoms with Gasteiger partial charge in [-0.2, -0.15) is 0 Å². The van der Waals surface area contributed by atoms with Gasteiger partial charge >= 0.3 is 0 Å². The highest BCUT2D eigenvalue weighted by Crippen LogP contribution is 2.22. The summed E-state index contributed by atoms with van der Waals surface area (Å²) in [5, 5.41) is 2.85. The number of benzene rings is 1. The number of pyridine rings is 1. The molecule has 25 heavy (non-hydrogen) atoms. The van der Waals surface area contributed by atoms with E-state index < -0.39 is 0 Å². The third-order valence-electron chi connectivity index (χ3n) is 4.38. The third kappa shape index (κ3) is 4.37. The number of amides is 1. The molecule has 1 fully saturated rings. The molecule has 1 aliphatic rings. The van der Waals surface area contributed by atoms with Gasteiger partial charge < -0.3 is 15.0 Å². The Balaban J connectivity index is 1.64. The number of hydrogen-bond acceptors (Lipinski definition) is 4. The minimum atomic E-state index is -0.146. The molecule has 0 atom stereocenters. The van der Waals surface area contributed by atoms with E-state index in [1.165, 1.54) is 5.56 Å². The van der Waals surface area contributed by atoms with E-state index in [0.717, 1.165) is 32.0 Å². The summed E-state index contributed by atoms with van der Waals surface area (Å²) >= 11 is 0. The zero-order chi connectivity index (χ0) is 17.9. The van der Waals surface area contributed by atoms with E-state index in [-0.39, 0.29) is 11.3 Å². The van der Waals surface area contributed by atoms with Crippen molar-refractivity contribution in [2.75, 3.05) is 36.5 Å². The first-order valence-electron chi connectivity index (χ1n) is 8.64. The summed E-state index contributed by atoms with van der Waals surface area (Å²) in [6, 6.07) is 11.5. The molecule has 1 saturated heterocycles. The van der Waals surface area contributed by atoms with Crippen LogP contribution < -0.4 is 10.2 Å². The zero-order valence-corrected chi connectivity index (χ0v) is 15.1. The largest absolute Gasteiger partial charge is 0.378 e. The van der Waals surface area contributed by atoms with Crippen LogP contribution >= 0.6 is 0 Å². The van der Waals surface area contributed by atoms with Crippen molar-refractivity contribution in [3.8, 4) is 0 Å². The third-order valence-corrected chi connectivity index (χ3v) is 4.38. The number of morpholine rings is 1. The summed E-state index contributed by atoms with van der Waals surface area (Å²) in [5.74, 6) is 0.411. The molecular weight excluding hydrogens is 314 g/mol.